The number of pyridine rings is 1. The van der Waals surface area contributed by atoms with Gasteiger partial charge in [-0.15, -0.1) is 10.2 Å². The van der Waals surface area contributed by atoms with Crippen LogP contribution in [0.1, 0.15) is 43.1 Å². The van der Waals surface area contributed by atoms with Crippen molar-refractivity contribution in [1.29, 1.82) is 0 Å². The van der Waals surface area contributed by atoms with E-state index in [0.29, 0.717) is 48.5 Å². The number of anilines is 2. The van der Waals surface area contributed by atoms with Gasteiger partial charge in [-0.2, -0.15) is 0 Å². The fraction of sp³-hybridized carbons (Fsp3) is 0.417. The number of methoxy groups -OCH3 is 1. The van der Waals surface area contributed by atoms with E-state index < -0.39 is 11.7 Å². The molecule has 3 heterocycles. The minimum Gasteiger partial charge on any atom is -0.483 e. The lowest BCUT2D eigenvalue weighted by molar-refractivity contribution is 0.102. The number of nitrogens with one attached hydrogen (secondary N) is 1. The number of hydrogen-bond donors (Lipinski definition) is 1. The number of ether oxygens (including phenoxy) is 2. The molecular formula is C24H27FN6O3. The lowest BCUT2D eigenvalue weighted by atomic mass is 10.1. The standard InChI is InChI=1S/C24H27FN6O3/c1-15(2)31-14-26-29-22(31)18-5-4-6-21(27-18)28-23(32)16-11-20-19(12-17(16)25)30(9-10-33-3)13-24(34-20)7-8-24/h4-6,11-12,14-15H,7-10,13H2,1-3H3,(H,27,28,32). The number of aromatic nitrogens is 4. The largest absolute Gasteiger partial charge is 0.483 e. The number of hydrogen-bond acceptors (Lipinski definition) is 7. The van der Waals surface area contributed by atoms with Crippen LogP contribution >= 0.6 is 0 Å². The molecule has 5 rings (SSSR count). The summed E-state index contributed by atoms with van der Waals surface area (Å²) in [4.78, 5) is 19.6. The van der Waals surface area contributed by atoms with Gasteiger partial charge in [0.2, 0.25) is 0 Å². The van der Waals surface area contributed by atoms with E-state index in [1.807, 2.05) is 18.4 Å². The maximum atomic E-state index is 15.1. The van der Waals surface area contributed by atoms with E-state index in [0.717, 1.165) is 12.8 Å². The molecule has 2 aliphatic rings. The molecule has 0 atom stereocenters. The molecule has 1 N–H and O–H groups in total. The highest BCUT2D eigenvalue weighted by molar-refractivity contribution is 6.04. The number of nitrogens with zero attached hydrogens (tertiary/aromatic N) is 5. The molecule has 9 nitrogen and oxygen atoms in total. The molecule has 0 unspecified atom stereocenters. The highest BCUT2D eigenvalue weighted by atomic mass is 19.1. The predicted octanol–water partition coefficient (Wildman–Crippen LogP) is 3.69. The summed E-state index contributed by atoms with van der Waals surface area (Å²) in [6.07, 6.45) is 3.51. The summed E-state index contributed by atoms with van der Waals surface area (Å²) in [7, 11) is 1.64. The summed E-state index contributed by atoms with van der Waals surface area (Å²) in [6.45, 7) is 5.86. The Kier molecular flexibility index (Phi) is 5.68. The molecule has 0 radical (unpaired) electrons. The number of carbonyl (C=O) groups excluding carboxylic acids is 1. The lowest BCUT2D eigenvalue weighted by Gasteiger charge is -2.37. The van der Waals surface area contributed by atoms with Gasteiger partial charge >= 0.3 is 0 Å². The van der Waals surface area contributed by atoms with E-state index in [9.17, 15) is 4.79 Å². The first-order valence-electron chi connectivity index (χ1n) is 11.3. The van der Waals surface area contributed by atoms with Crippen LogP contribution in [0.2, 0.25) is 0 Å². The summed E-state index contributed by atoms with van der Waals surface area (Å²) in [6, 6.07) is 8.19. The van der Waals surface area contributed by atoms with E-state index in [-0.39, 0.29) is 17.2 Å². The van der Waals surface area contributed by atoms with E-state index in [1.54, 1.807) is 31.6 Å². The Morgan fingerprint density at radius 3 is 2.88 bits per heavy atom. The second-order valence-corrected chi connectivity index (χ2v) is 9.02. The Bertz CT molecular complexity index is 1220. The maximum Gasteiger partial charge on any atom is 0.259 e. The number of carbonyl (C=O) groups is 1. The number of amides is 1. The summed E-state index contributed by atoms with van der Waals surface area (Å²) < 4.78 is 28.3. The molecule has 178 valence electrons. The van der Waals surface area contributed by atoms with Crippen molar-refractivity contribution in [3.05, 3.63) is 48.0 Å². The Balaban J connectivity index is 1.40. The smallest absolute Gasteiger partial charge is 0.259 e. The zero-order chi connectivity index (χ0) is 23.9. The van der Waals surface area contributed by atoms with E-state index >= 15 is 4.39 Å². The Hall–Kier alpha value is -3.53. The number of halogens is 1. The summed E-state index contributed by atoms with van der Waals surface area (Å²) in [5.74, 6) is 0.171. The molecule has 1 amide bonds. The molecule has 1 fully saturated rings. The van der Waals surface area contributed by atoms with Gasteiger partial charge in [0.05, 0.1) is 24.4 Å². The van der Waals surface area contributed by atoms with Crippen molar-refractivity contribution in [2.75, 3.05) is 37.0 Å². The van der Waals surface area contributed by atoms with Crippen LogP contribution in [0.5, 0.6) is 5.75 Å². The monoisotopic (exact) mass is 466 g/mol. The topological polar surface area (TPSA) is 94.4 Å². The lowest BCUT2D eigenvalue weighted by Crippen LogP contribution is -2.43. The van der Waals surface area contributed by atoms with Crippen molar-refractivity contribution in [2.24, 2.45) is 0 Å². The average Bonchev–Trinajstić information content (AvgIpc) is 3.35. The quantitative estimate of drug-likeness (QED) is 0.568. The third-order valence-corrected chi connectivity index (χ3v) is 6.16. The fourth-order valence-corrected chi connectivity index (χ4v) is 4.16. The molecule has 0 saturated heterocycles. The van der Waals surface area contributed by atoms with Crippen LogP contribution in [0, 0.1) is 5.82 Å². The van der Waals surface area contributed by atoms with Crippen LogP contribution in [0.15, 0.2) is 36.7 Å². The van der Waals surface area contributed by atoms with Crippen LogP contribution in [-0.4, -0.2) is 58.1 Å². The molecule has 1 spiro atoms. The molecule has 1 saturated carbocycles. The second-order valence-electron chi connectivity index (χ2n) is 9.02. The minimum absolute atomic E-state index is 0.0966. The second kappa shape index (κ2) is 8.68. The summed E-state index contributed by atoms with van der Waals surface area (Å²) in [5, 5.41) is 10.8. The van der Waals surface area contributed by atoms with Gasteiger partial charge in [-0.25, -0.2) is 9.37 Å². The first kappa shape index (κ1) is 22.3. The Labute approximate surface area is 196 Å². The van der Waals surface area contributed by atoms with Crippen LogP contribution in [0.4, 0.5) is 15.9 Å². The van der Waals surface area contributed by atoms with Gasteiger partial charge in [0.15, 0.2) is 5.82 Å². The van der Waals surface area contributed by atoms with Crippen molar-refractivity contribution < 1.29 is 18.7 Å². The van der Waals surface area contributed by atoms with Gasteiger partial charge in [-0.1, -0.05) is 6.07 Å². The van der Waals surface area contributed by atoms with Crippen LogP contribution in [0.3, 0.4) is 0 Å². The highest BCUT2D eigenvalue weighted by Crippen LogP contribution is 2.48. The average molecular weight is 467 g/mol. The van der Waals surface area contributed by atoms with Crippen molar-refractivity contribution in [1.82, 2.24) is 19.7 Å². The fourth-order valence-electron chi connectivity index (χ4n) is 4.16. The van der Waals surface area contributed by atoms with E-state index in [2.05, 4.69) is 25.4 Å². The van der Waals surface area contributed by atoms with Gasteiger partial charge in [-0.3, -0.25) is 4.79 Å². The van der Waals surface area contributed by atoms with Gasteiger partial charge < -0.3 is 24.3 Å². The zero-order valence-corrected chi connectivity index (χ0v) is 19.4. The first-order chi connectivity index (χ1) is 16.4. The maximum absolute atomic E-state index is 15.1. The molecule has 1 aliphatic heterocycles. The van der Waals surface area contributed by atoms with Crippen molar-refractivity contribution in [2.45, 2.75) is 38.3 Å². The minimum atomic E-state index is -0.621. The highest BCUT2D eigenvalue weighted by Gasteiger charge is 2.50. The SMILES string of the molecule is COCCN1CC2(CC2)Oc2cc(C(=O)Nc3cccc(-c4nncn4C(C)C)n3)c(F)cc21. The van der Waals surface area contributed by atoms with Crippen molar-refractivity contribution in [3.63, 3.8) is 0 Å². The molecule has 1 aliphatic carbocycles. The molecule has 2 aromatic heterocycles. The van der Waals surface area contributed by atoms with E-state index in [1.165, 1.54) is 12.1 Å². The molecule has 10 heteroatoms. The molecule has 3 aromatic rings. The van der Waals surface area contributed by atoms with E-state index in [4.69, 9.17) is 9.47 Å². The van der Waals surface area contributed by atoms with Gasteiger partial charge in [-0.05, 0) is 44.9 Å². The third kappa shape index (κ3) is 4.21. The third-order valence-electron chi connectivity index (χ3n) is 6.16. The summed E-state index contributed by atoms with van der Waals surface area (Å²) >= 11 is 0. The van der Waals surface area contributed by atoms with Crippen LogP contribution < -0.4 is 15.0 Å². The number of fused-ring (bicyclic) bond motifs is 1. The molecule has 1 aromatic carbocycles. The van der Waals surface area contributed by atoms with Crippen LogP contribution in [0.25, 0.3) is 11.5 Å². The van der Waals surface area contributed by atoms with Gasteiger partial charge in [0, 0.05) is 25.8 Å². The first-order valence-corrected chi connectivity index (χ1v) is 11.3. The van der Waals surface area contributed by atoms with Crippen molar-refractivity contribution >= 4 is 17.4 Å². The zero-order valence-electron chi connectivity index (χ0n) is 19.4. The van der Waals surface area contributed by atoms with Crippen molar-refractivity contribution in [3.8, 4) is 17.3 Å². The molecule has 34 heavy (non-hydrogen) atoms. The van der Waals surface area contributed by atoms with Gasteiger partial charge in [0.25, 0.3) is 5.91 Å². The van der Waals surface area contributed by atoms with Crippen LogP contribution in [-0.2, 0) is 4.74 Å². The number of rotatable bonds is 7. The normalized spacial score (nSPS) is 15.9. The Morgan fingerprint density at radius 2 is 2.15 bits per heavy atom. The Morgan fingerprint density at radius 1 is 1.32 bits per heavy atom. The summed E-state index contributed by atoms with van der Waals surface area (Å²) in [5.41, 5.74) is 0.842. The molecular weight excluding hydrogens is 439 g/mol. The van der Waals surface area contributed by atoms with Gasteiger partial charge in [0.1, 0.15) is 35.0 Å². The number of benzene rings is 1. The molecule has 0 bridgehead atoms. The predicted molar refractivity (Wildman–Crippen MR) is 125 cm³/mol.